The molecule has 7 nitrogen and oxygen atoms in total. The Kier molecular flexibility index (Phi) is 3.40. The summed E-state index contributed by atoms with van der Waals surface area (Å²) in [6.07, 6.45) is 3.09. The molecule has 1 N–H and O–H groups in total. The average molecular weight is 287 g/mol. The van der Waals surface area contributed by atoms with Gasteiger partial charge in [0.2, 0.25) is 10.0 Å². The van der Waals surface area contributed by atoms with E-state index < -0.39 is 21.4 Å². The van der Waals surface area contributed by atoms with Gasteiger partial charge in [-0.2, -0.15) is 9.40 Å². The van der Waals surface area contributed by atoms with E-state index in [2.05, 4.69) is 5.10 Å². The number of hydrogen-bond donors (Lipinski definition) is 1. The summed E-state index contributed by atoms with van der Waals surface area (Å²) in [7, 11) is -3.65. The van der Waals surface area contributed by atoms with Gasteiger partial charge in [-0.1, -0.05) is 0 Å². The number of hydrogen-bond acceptors (Lipinski definition) is 4. The van der Waals surface area contributed by atoms with Crippen LogP contribution in [-0.4, -0.2) is 46.7 Å². The van der Waals surface area contributed by atoms with Gasteiger partial charge in [-0.15, -0.1) is 0 Å². The fourth-order valence-electron chi connectivity index (χ4n) is 2.10. The fraction of sp³-hybridized carbons (Fsp3) is 0.636. The van der Waals surface area contributed by atoms with Crippen LogP contribution in [0.25, 0.3) is 0 Å². The van der Waals surface area contributed by atoms with Crippen molar-refractivity contribution in [3.05, 3.63) is 12.4 Å². The summed E-state index contributed by atoms with van der Waals surface area (Å²) >= 11 is 0. The minimum absolute atomic E-state index is 0.00196. The van der Waals surface area contributed by atoms with Crippen LogP contribution in [0.5, 0.6) is 0 Å². The first kappa shape index (κ1) is 14.0. The lowest BCUT2D eigenvalue weighted by molar-refractivity contribution is -0.146. The molecule has 0 aliphatic carbocycles. The number of rotatable bonds is 4. The summed E-state index contributed by atoms with van der Waals surface area (Å²) in [5.74, 6) is -0.963. The Labute approximate surface area is 111 Å². The normalized spacial score (nSPS) is 24.7. The maximum Gasteiger partial charge on any atom is 0.310 e. The third kappa shape index (κ3) is 2.37. The Morgan fingerprint density at radius 1 is 1.58 bits per heavy atom. The molecule has 1 aromatic rings. The van der Waals surface area contributed by atoms with Crippen molar-refractivity contribution < 1.29 is 18.3 Å². The maximum atomic E-state index is 12.4. The number of nitrogens with zero attached hydrogens (tertiary/aromatic N) is 3. The van der Waals surface area contributed by atoms with Gasteiger partial charge in [0.05, 0.1) is 11.6 Å². The van der Waals surface area contributed by atoms with Crippen molar-refractivity contribution >= 4 is 16.0 Å². The van der Waals surface area contributed by atoms with Crippen molar-refractivity contribution in [3.8, 4) is 0 Å². The van der Waals surface area contributed by atoms with Crippen molar-refractivity contribution in [1.82, 2.24) is 14.1 Å². The highest BCUT2D eigenvalue weighted by Gasteiger charge is 2.45. The van der Waals surface area contributed by atoms with E-state index in [4.69, 9.17) is 5.11 Å². The summed E-state index contributed by atoms with van der Waals surface area (Å²) in [4.78, 5) is 11.3. The van der Waals surface area contributed by atoms with Crippen molar-refractivity contribution in [3.63, 3.8) is 0 Å². The van der Waals surface area contributed by atoms with E-state index in [1.165, 1.54) is 21.4 Å². The Morgan fingerprint density at radius 2 is 2.26 bits per heavy atom. The number of carbonyl (C=O) groups is 1. The largest absolute Gasteiger partial charge is 0.481 e. The lowest BCUT2D eigenvalue weighted by atomic mass is 9.90. The van der Waals surface area contributed by atoms with Crippen LogP contribution in [0, 0.1) is 5.41 Å². The second kappa shape index (κ2) is 4.61. The molecule has 0 saturated carbocycles. The third-order valence-electron chi connectivity index (χ3n) is 3.53. The van der Waals surface area contributed by atoms with Gasteiger partial charge in [-0.3, -0.25) is 9.48 Å². The van der Waals surface area contributed by atoms with Gasteiger partial charge >= 0.3 is 5.97 Å². The van der Waals surface area contributed by atoms with Crippen LogP contribution < -0.4 is 0 Å². The number of sulfonamides is 1. The van der Waals surface area contributed by atoms with E-state index in [-0.39, 0.29) is 18.0 Å². The third-order valence-corrected chi connectivity index (χ3v) is 5.32. The number of aryl methyl sites for hydroxylation is 1. The first-order valence-electron chi connectivity index (χ1n) is 6.05. The Bertz CT molecular complexity index is 595. The quantitative estimate of drug-likeness (QED) is 0.864. The van der Waals surface area contributed by atoms with Gasteiger partial charge in [0, 0.05) is 25.8 Å². The van der Waals surface area contributed by atoms with E-state index in [1.807, 2.05) is 6.92 Å². The van der Waals surface area contributed by atoms with E-state index >= 15 is 0 Å². The Hall–Kier alpha value is -1.41. The number of carboxylic acid groups (broad SMARTS) is 1. The summed E-state index contributed by atoms with van der Waals surface area (Å²) in [6.45, 7) is 4.24. The van der Waals surface area contributed by atoms with Crippen LogP contribution in [0.4, 0.5) is 0 Å². The molecule has 2 heterocycles. The molecule has 106 valence electrons. The molecule has 8 heteroatoms. The molecule has 1 atom stereocenters. The zero-order valence-electron chi connectivity index (χ0n) is 10.9. The van der Waals surface area contributed by atoms with Crippen molar-refractivity contribution in [2.75, 3.05) is 13.1 Å². The van der Waals surface area contributed by atoms with Crippen molar-refractivity contribution in [1.29, 1.82) is 0 Å². The van der Waals surface area contributed by atoms with Crippen LogP contribution in [0.3, 0.4) is 0 Å². The lowest BCUT2D eigenvalue weighted by Crippen LogP contribution is -2.34. The highest BCUT2D eigenvalue weighted by Crippen LogP contribution is 2.33. The molecule has 2 rings (SSSR count). The lowest BCUT2D eigenvalue weighted by Gasteiger charge is -2.19. The predicted molar refractivity (Wildman–Crippen MR) is 67.0 cm³/mol. The maximum absolute atomic E-state index is 12.4. The summed E-state index contributed by atoms with van der Waals surface area (Å²) in [6, 6.07) is 0. The van der Waals surface area contributed by atoms with E-state index in [0.717, 1.165) is 0 Å². The van der Waals surface area contributed by atoms with Crippen LogP contribution in [0.2, 0.25) is 0 Å². The Balaban J connectivity index is 2.25. The molecule has 1 unspecified atom stereocenters. The molecule has 1 saturated heterocycles. The smallest absolute Gasteiger partial charge is 0.310 e. The zero-order valence-corrected chi connectivity index (χ0v) is 11.7. The summed E-state index contributed by atoms with van der Waals surface area (Å²) in [5.41, 5.74) is -1.01. The standard InChI is InChI=1S/C11H17N3O4S/c1-3-13-7-9(6-12-13)19(17,18)14-5-4-11(2,8-14)10(15)16/h6-7H,3-5,8H2,1-2H3,(H,15,16). The first-order valence-corrected chi connectivity index (χ1v) is 7.49. The molecular formula is C11H17N3O4S. The number of aromatic nitrogens is 2. The van der Waals surface area contributed by atoms with Crippen molar-refractivity contribution in [2.45, 2.75) is 31.7 Å². The van der Waals surface area contributed by atoms with Crippen LogP contribution >= 0.6 is 0 Å². The molecule has 1 fully saturated rings. The topological polar surface area (TPSA) is 92.5 Å². The van der Waals surface area contributed by atoms with E-state index in [9.17, 15) is 13.2 Å². The molecule has 1 aliphatic rings. The molecular weight excluding hydrogens is 270 g/mol. The predicted octanol–water partition coefficient (Wildman–Crippen LogP) is 0.388. The highest BCUT2D eigenvalue weighted by molar-refractivity contribution is 7.89. The number of carboxylic acids is 1. The van der Waals surface area contributed by atoms with Gasteiger partial charge in [0.25, 0.3) is 0 Å². The zero-order chi connectivity index (χ0) is 14.3. The summed E-state index contributed by atoms with van der Waals surface area (Å²) < 4.78 is 27.5. The molecule has 19 heavy (non-hydrogen) atoms. The molecule has 1 aromatic heterocycles. The molecule has 1 aliphatic heterocycles. The van der Waals surface area contributed by atoms with Crippen molar-refractivity contribution in [2.24, 2.45) is 5.41 Å². The van der Waals surface area contributed by atoms with Gasteiger partial charge < -0.3 is 5.11 Å². The van der Waals surface area contributed by atoms with E-state index in [1.54, 1.807) is 6.92 Å². The summed E-state index contributed by atoms with van der Waals surface area (Å²) in [5, 5.41) is 13.1. The molecule has 0 radical (unpaired) electrons. The highest BCUT2D eigenvalue weighted by atomic mass is 32.2. The van der Waals surface area contributed by atoms with Gasteiger partial charge in [0.1, 0.15) is 4.90 Å². The molecule has 0 aromatic carbocycles. The Morgan fingerprint density at radius 3 is 2.74 bits per heavy atom. The monoisotopic (exact) mass is 287 g/mol. The molecule has 0 bridgehead atoms. The first-order chi connectivity index (χ1) is 8.79. The minimum Gasteiger partial charge on any atom is -0.481 e. The second-order valence-electron chi connectivity index (χ2n) is 4.99. The van der Waals surface area contributed by atoms with Gasteiger partial charge in [-0.25, -0.2) is 8.42 Å². The molecule has 0 spiro atoms. The molecule has 0 amide bonds. The number of aliphatic carboxylic acids is 1. The van der Waals surface area contributed by atoms with E-state index in [0.29, 0.717) is 13.0 Å². The average Bonchev–Trinajstić information content (AvgIpc) is 2.96. The van der Waals surface area contributed by atoms with Crippen LogP contribution in [0.1, 0.15) is 20.3 Å². The second-order valence-corrected chi connectivity index (χ2v) is 6.92. The van der Waals surface area contributed by atoms with Crippen LogP contribution in [-0.2, 0) is 21.4 Å². The van der Waals surface area contributed by atoms with Crippen LogP contribution in [0.15, 0.2) is 17.3 Å². The fourth-order valence-corrected chi connectivity index (χ4v) is 3.62. The van der Waals surface area contributed by atoms with Gasteiger partial charge in [0.15, 0.2) is 0 Å². The minimum atomic E-state index is -3.65. The van der Waals surface area contributed by atoms with Gasteiger partial charge in [-0.05, 0) is 20.3 Å². The SMILES string of the molecule is CCn1cc(S(=O)(=O)N2CCC(C)(C(=O)O)C2)cn1.